The summed E-state index contributed by atoms with van der Waals surface area (Å²) in [5.74, 6) is -0.211. The maximum Gasteiger partial charge on any atom is 0.253 e. The van der Waals surface area contributed by atoms with Crippen molar-refractivity contribution in [1.82, 2.24) is 5.32 Å². The first-order valence-corrected chi connectivity index (χ1v) is 6.81. The molecule has 0 saturated heterocycles. The van der Waals surface area contributed by atoms with Gasteiger partial charge in [0.05, 0.1) is 5.56 Å². The molecule has 0 fully saturated rings. The van der Waals surface area contributed by atoms with Crippen molar-refractivity contribution in [2.45, 2.75) is 6.54 Å². The number of nitrogens with one attached hydrogen (secondary N) is 1. The highest BCUT2D eigenvalue weighted by atomic mass is 79.9. The number of carbonyl (C=O) groups excluding carboxylic acids is 1. The Morgan fingerprint density at radius 1 is 1.21 bits per heavy atom. The molecule has 2 aromatic rings. The third kappa shape index (κ3) is 3.72. The van der Waals surface area contributed by atoms with Crippen molar-refractivity contribution in [1.29, 1.82) is 0 Å². The molecule has 0 aliphatic carbocycles. The summed E-state index contributed by atoms with van der Waals surface area (Å²) >= 11 is 9.16. The van der Waals surface area contributed by atoms with Crippen LogP contribution in [0.3, 0.4) is 0 Å². The third-order valence-electron chi connectivity index (χ3n) is 2.62. The summed E-state index contributed by atoms with van der Waals surface area (Å²) in [6, 6.07) is 12.6. The number of rotatable bonds is 3. The Kier molecular flexibility index (Phi) is 4.45. The fourth-order valence-corrected chi connectivity index (χ4v) is 2.07. The lowest BCUT2D eigenvalue weighted by Gasteiger charge is -2.08. The van der Waals surface area contributed by atoms with Gasteiger partial charge in [0.25, 0.3) is 5.91 Å². The Morgan fingerprint density at radius 2 is 1.89 bits per heavy atom. The summed E-state index contributed by atoms with van der Waals surface area (Å²) in [6.45, 7) is 0.453. The molecule has 0 atom stereocenters. The minimum Gasteiger partial charge on any atom is -0.398 e. The molecule has 0 aliphatic rings. The molecule has 0 aromatic heterocycles. The van der Waals surface area contributed by atoms with Crippen LogP contribution in [0.15, 0.2) is 46.9 Å². The topological polar surface area (TPSA) is 55.1 Å². The summed E-state index contributed by atoms with van der Waals surface area (Å²) in [5, 5.41) is 3.33. The first kappa shape index (κ1) is 13.9. The van der Waals surface area contributed by atoms with Gasteiger partial charge in [-0.2, -0.15) is 0 Å². The monoisotopic (exact) mass is 338 g/mol. The number of amides is 1. The average Bonchev–Trinajstić information content (AvgIpc) is 2.37. The Balaban J connectivity index is 2.03. The Morgan fingerprint density at radius 3 is 2.53 bits per heavy atom. The van der Waals surface area contributed by atoms with Crippen LogP contribution >= 0.6 is 27.5 Å². The van der Waals surface area contributed by atoms with Crippen LogP contribution < -0.4 is 11.1 Å². The highest BCUT2D eigenvalue weighted by Crippen LogP contribution is 2.18. The first-order chi connectivity index (χ1) is 9.06. The van der Waals surface area contributed by atoms with Gasteiger partial charge in [-0.15, -0.1) is 0 Å². The number of hydrogen-bond donors (Lipinski definition) is 2. The van der Waals surface area contributed by atoms with Gasteiger partial charge in [-0.05, 0) is 35.9 Å². The maximum absolute atomic E-state index is 12.0. The number of hydrogen-bond acceptors (Lipinski definition) is 2. The van der Waals surface area contributed by atoms with Crippen molar-refractivity contribution in [2.75, 3.05) is 5.73 Å². The predicted octanol–water partition coefficient (Wildman–Crippen LogP) is 3.61. The zero-order valence-electron chi connectivity index (χ0n) is 9.99. The molecular formula is C14H12BrClN2O. The molecule has 3 nitrogen and oxygen atoms in total. The molecule has 0 bridgehead atoms. The zero-order valence-corrected chi connectivity index (χ0v) is 12.3. The lowest BCUT2D eigenvalue weighted by molar-refractivity contribution is 0.0952. The summed E-state index contributed by atoms with van der Waals surface area (Å²) < 4.78 is 1.00. The van der Waals surface area contributed by atoms with Crippen LogP contribution in [0.1, 0.15) is 15.9 Å². The second-order valence-electron chi connectivity index (χ2n) is 4.04. The second kappa shape index (κ2) is 6.08. The smallest absolute Gasteiger partial charge is 0.253 e. The van der Waals surface area contributed by atoms with E-state index in [4.69, 9.17) is 17.3 Å². The molecule has 98 valence electrons. The fourth-order valence-electron chi connectivity index (χ4n) is 1.62. The second-order valence-corrected chi connectivity index (χ2v) is 5.39. The molecule has 2 rings (SSSR count). The van der Waals surface area contributed by atoms with Gasteiger partial charge in [0.15, 0.2) is 0 Å². The lowest BCUT2D eigenvalue weighted by atomic mass is 10.1. The van der Waals surface area contributed by atoms with Gasteiger partial charge in [-0.25, -0.2) is 0 Å². The largest absolute Gasteiger partial charge is 0.398 e. The van der Waals surface area contributed by atoms with Gasteiger partial charge in [-0.1, -0.05) is 39.7 Å². The molecule has 0 aliphatic heterocycles. The van der Waals surface area contributed by atoms with E-state index < -0.39 is 0 Å². The Hall–Kier alpha value is -1.52. The van der Waals surface area contributed by atoms with Crippen LogP contribution in [-0.4, -0.2) is 5.91 Å². The van der Waals surface area contributed by atoms with E-state index in [0.717, 1.165) is 10.0 Å². The minimum atomic E-state index is -0.211. The van der Waals surface area contributed by atoms with Crippen molar-refractivity contribution in [3.8, 4) is 0 Å². The highest BCUT2D eigenvalue weighted by Gasteiger charge is 2.09. The normalized spacial score (nSPS) is 10.2. The molecule has 0 radical (unpaired) electrons. The number of anilines is 1. The van der Waals surface area contributed by atoms with Crippen LogP contribution in [0.2, 0.25) is 5.02 Å². The third-order valence-corrected chi connectivity index (χ3v) is 3.39. The molecule has 1 amide bonds. The van der Waals surface area contributed by atoms with E-state index in [1.54, 1.807) is 18.2 Å². The van der Waals surface area contributed by atoms with E-state index in [-0.39, 0.29) is 5.91 Å². The van der Waals surface area contributed by atoms with Crippen molar-refractivity contribution >= 4 is 39.1 Å². The molecule has 0 saturated carbocycles. The van der Waals surface area contributed by atoms with Gasteiger partial charge in [0, 0.05) is 21.7 Å². The number of nitrogens with two attached hydrogens (primary N) is 1. The Bertz CT molecular complexity index is 599. The average molecular weight is 340 g/mol. The van der Waals surface area contributed by atoms with Gasteiger partial charge >= 0.3 is 0 Å². The van der Waals surface area contributed by atoms with Crippen molar-refractivity contribution < 1.29 is 4.79 Å². The van der Waals surface area contributed by atoms with Gasteiger partial charge in [-0.3, -0.25) is 4.79 Å². The van der Waals surface area contributed by atoms with Gasteiger partial charge in [0.2, 0.25) is 0 Å². The van der Waals surface area contributed by atoms with Gasteiger partial charge in [0.1, 0.15) is 0 Å². The molecule has 0 spiro atoms. The summed E-state index contributed by atoms with van der Waals surface area (Å²) in [7, 11) is 0. The quantitative estimate of drug-likeness (QED) is 0.839. The Labute approximate surface area is 124 Å². The van der Waals surface area contributed by atoms with E-state index in [1.165, 1.54) is 0 Å². The van der Waals surface area contributed by atoms with E-state index in [0.29, 0.717) is 22.8 Å². The van der Waals surface area contributed by atoms with E-state index in [1.807, 2.05) is 24.3 Å². The first-order valence-electron chi connectivity index (χ1n) is 5.64. The van der Waals surface area contributed by atoms with Crippen LogP contribution in [0.25, 0.3) is 0 Å². The molecule has 19 heavy (non-hydrogen) atoms. The summed E-state index contributed by atoms with van der Waals surface area (Å²) in [5.41, 5.74) is 7.59. The summed E-state index contributed by atoms with van der Waals surface area (Å²) in [4.78, 5) is 12.0. The minimum absolute atomic E-state index is 0.211. The van der Waals surface area contributed by atoms with E-state index in [9.17, 15) is 4.79 Å². The highest BCUT2D eigenvalue weighted by molar-refractivity contribution is 9.10. The van der Waals surface area contributed by atoms with Crippen LogP contribution in [-0.2, 0) is 6.54 Å². The SMILES string of the molecule is Nc1cc(Cl)ccc1C(=O)NCc1ccc(Br)cc1. The number of benzene rings is 2. The number of nitrogen functional groups attached to an aromatic ring is 1. The standard InChI is InChI=1S/C14H12BrClN2O/c15-10-3-1-9(2-4-10)8-18-14(19)12-6-5-11(16)7-13(12)17/h1-7H,8,17H2,(H,18,19). The van der Waals surface area contributed by atoms with E-state index >= 15 is 0 Å². The van der Waals surface area contributed by atoms with Crippen LogP contribution in [0.5, 0.6) is 0 Å². The summed E-state index contributed by atoms with van der Waals surface area (Å²) in [6.07, 6.45) is 0. The van der Waals surface area contributed by atoms with Crippen LogP contribution in [0, 0.1) is 0 Å². The fraction of sp³-hybridized carbons (Fsp3) is 0.0714. The van der Waals surface area contributed by atoms with Crippen LogP contribution in [0.4, 0.5) is 5.69 Å². The molecule has 0 unspecified atom stereocenters. The molecular weight excluding hydrogens is 328 g/mol. The molecule has 3 N–H and O–H groups in total. The number of carbonyl (C=O) groups is 1. The lowest BCUT2D eigenvalue weighted by Crippen LogP contribution is -2.23. The molecule has 2 aromatic carbocycles. The van der Waals surface area contributed by atoms with Gasteiger partial charge < -0.3 is 11.1 Å². The van der Waals surface area contributed by atoms with Crippen molar-refractivity contribution in [3.05, 3.63) is 63.1 Å². The zero-order chi connectivity index (χ0) is 13.8. The maximum atomic E-state index is 12.0. The predicted molar refractivity (Wildman–Crippen MR) is 81.2 cm³/mol. The molecule has 5 heteroatoms. The van der Waals surface area contributed by atoms with Crippen molar-refractivity contribution in [2.24, 2.45) is 0 Å². The van der Waals surface area contributed by atoms with Crippen molar-refractivity contribution in [3.63, 3.8) is 0 Å². The number of halogens is 2. The van der Waals surface area contributed by atoms with E-state index in [2.05, 4.69) is 21.2 Å². The molecule has 0 heterocycles.